The van der Waals surface area contributed by atoms with E-state index in [-0.39, 0.29) is 22.6 Å². The smallest absolute Gasteiger partial charge is 0.200 e. The van der Waals surface area contributed by atoms with Gasteiger partial charge in [-0.05, 0) is 43.9 Å². The van der Waals surface area contributed by atoms with Gasteiger partial charge >= 0.3 is 0 Å². The topological polar surface area (TPSA) is 79.9 Å². The third-order valence-electron chi connectivity index (χ3n) is 5.71. The summed E-state index contributed by atoms with van der Waals surface area (Å²) in [5.74, 6) is -0.0226. The van der Waals surface area contributed by atoms with E-state index in [9.17, 15) is 14.4 Å². The molecule has 2 heterocycles. The highest BCUT2D eigenvalue weighted by Crippen LogP contribution is 2.28. The van der Waals surface area contributed by atoms with Crippen LogP contribution in [0.1, 0.15) is 71.4 Å². The summed E-state index contributed by atoms with van der Waals surface area (Å²) in [6, 6.07) is 11.3. The van der Waals surface area contributed by atoms with Crippen LogP contribution < -0.4 is 5.43 Å². The standard InChI is InChI=1S/C14H14ClNO.C14H15NO2/c1-3-5-12(17)11-8-16-14-9(2)6-4-7-10(14)13(11)15;1-3-5-12(16)11-8-15-13-9(2)6-4-7-10(13)14(11)17/h4,6-8H,3,5H2,1-2H3;4,6-8H,3,5H2,1-2H3,(H,15,17). The molecule has 0 atom stereocenters. The molecule has 0 bridgehead atoms. The van der Waals surface area contributed by atoms with Crippen molar-refractivity contribution in [3.05, 3.63) is 86.3 Å². The van der Waals surface area contributed by atoms with Crippen LogP contribution in [0.5, 0.6) is 0 Å². The minimum atomic E-state index is -0.166. The Morgan fingerprint density at radius 2 is 1.47 bits per heavy atom. The van der Waals surface area contributed by atoms with Gasteiger partial charge in [-0.15, -0.1) is 0 Å². The summed E-state index contributed by atoms with van der Waals surface area (Å²) in [6.45, 7) is 7.83. The first-order valence-electron chi connectivity index (χ1n) is 11.5. The summed E-state index contributed by atoms with van der Waals surface area (Å²) in [4.78, 5) is 43.2. The highest BCUT2D eigenvalue weighted by atomic mass is 35.5. The maximum atomic E-state index is 12.2. The Labute approximate surface area is 204 Å². The van der Waals surface area contributed by atoms with Gasteiger partial charge in [0.2, 0.25) is 0 Å². The number of H-pyrrole nitrogens is 1. The van der Waals surface area contributed by atoms with Crippen LogP contribution in [0.15, 0.2) is 53.6 Å². The first-order valence-corrected chi connectivity index (χ1v) is 11.9. The molecule has 0 radical (unpaired) electrons. The highest BCUT2D eigenvalue weighted by molar-refractivity contribution is 6.38. The van der Waals surface area contributed by atoms with Crippen molar-refractivity contribution in [2.45, 2.75) is 53.4 Å². The van der Waals surface area contributed by atoms with Crippen LogP contribution in [-0.2, 0) is 0 Å². The molecule has 0 fully saturated rings. The van der Waals surface area contributed by atoms with Crippen molar-refractivity contribution >= 4 is 45.0 Å². The van der Waals surface area contributed by atoms with Gasteiger partial charge in [0.25, 0.3) is 0 Å². The molecule has 1 N–H and O–H groups in total. The molecular weight excluding hydrogens is 448 g/mol. The van der Waals surface area contributed by atoms with Crippen LogP contribution in [0.2, 0.25) is 5.02 Å². The normalized spacial score (nSPS) is 10.7. The van der Waals surface area contributed by atoms with Gasteiger partial charge < -0.3 is 4.98 Å². The maximum Gasteiger partial charge on any atom is 0.200 e. The SMILES string of the molecule is CCCC(=O)c1c[nH]c2c(C)cccc2c1=O.CCCC(=O)c1cnc2c(C)cccc2c1Cl. The highest BCUT2D eigenvalue weighted by Gasteiger charge is 2.14. The second kappa shape index (κ2) is 11.2. The predicted octanol–water partition coefficient (Wildman–Crippen LogP) is 7.00. The van der Waals surface area contributed by atoms with E-state index in [0.717, 1.165) is 40.4 Å². The molecule has 4 rings (SSSR count). The lowest BCUT2D eigenvalue weighted by molar-refractivity contribution is 0.0973. The lowest BCUT2D eigenvalue weighted by atomic mass is 10.0. The molecule has 5 nitrogen and oxygen atoms in total. The van der Waals surface area contributed by atoms with Crippen LogP contribution >= 0.6 is 11.6 Å². The fourth-order valence-electron chi connectivity index (χ4n) is 3.87. The fourth-order valence-corrected chi connectivity index (χ4v) is 4.17. The molecule has 0 aliphatic rings. The Bertz CT molecular complexity index is 1420. The largest absolute Gasteiger partial charge is 0.360 e. The van der Waals surface area contributed by atoms with Gasteiger partial charge in [0, 0.05) is 36.0 Å². The number of nitrogens with one attached hydrogen (secondary N) is 1. The van der Waals surface area contributed by atoms with Crippen molar-refractivity contribution in [3.8, 4) is 0 Å². The van der Waals surface area contributed by atoms with Gasteiger partial charge in [-0.25, -0.2) is 0 Å². The summed E-state index contributed by atoms with van der Waals surface area (Å²) in [5.41, 5.74) is 4.39. The number of rotatable bonds is 6. The van der Waals surface area contributed by atoms with Crippen LogP contribution in [-0.4, -0.2) is 21.5 Å². The number of nitrogens with zero attached hydrogens (tertiary/aromatic N) is 1. The number of carbonyl (C=O) groups is 2. The zero-order chi connectivity index (χ0) is 24.8. The number of para-hydroxylation sites is 2. The number of hydrogen-bond donors (Lipinski definition) is 1. The minimum Gasteiger partial charge on any atom is -0.360 e. The number of aryl methyl sites for hydroxylation is 2. The van der Waals surface area contributed by atoms with Gasteiger partial charge in [-0.1, -0.05) is 55.8 Å². The second-order valence-electron chi connectivity index (χ2n) is 8.33. The molecule has 0 aliphatic carbocycles. The number of aromatic amines is 1. The Hall–Kier alpha value is -3.31. The molecule has 0 aliphatic heterocycles. The number of benzene rings is 2. The molecule has 176 valence electrons. The van der Waals surface area contributed by atoms with Crippen molar-refractivity contribution in [2.75, 3.05) is 0 Å². The third kappa shape index (κ3) is 5.26. The number of Topliss-reactive ketones (excluding diaryl/α,β-unsaturated/α-hetero) is 2. The van der Waals surface area contributed by atoms with E-state index in [0.29, 0.717) is 28.8 Å². The average Bonchev–Trinajstić information content (AvgIpc) is 2.81. The molecule has 6 heteroatoms. The average molecular weight is 477 g/mol. The molecule has 2 aromatic carbocycles. The van der Waals surface area contributed by atoms with Gasteiger partial charge in [0.15, 0.2) is 17.0 Å². The molecule has 0 spiro atoms. The Morgan fingerprint density at radius 1 is 0.882 bits per heavy atom. The quantitative estimate of drug-likeness (QED) is 0.304. The zero-order valence-electron chi connectivity index (χ0n) is 20.0. The lowest BCUT2D eigenvalue weighted by Crippen LogP contribution is -2.15. The number of carbonyl (C=O) groups excluding carboxylic acids is 2. The van der Waals surface area contributed by atoms with Crippen molar-refractivity contribution in [2.24, 2.45) is 0 Å². The van der Waals surface area contributed by atoms with E-state index in [2.05, 4.69) is 9.97 Å². The maximum absolute atomic E-state index is 12.2. The summed E-state index contributed by atoms with van der Waals surface area (Å²) >= 11 is 6.28. The van der Waals surface area contributed by atoms with Crippen molar-refractivity contribution in [3.63, 3.8) is 0 Å². The number of fused-ring (bicyclic) bond motifs is 2. The first kappa shape index (κ1) is 25.3. The van der Waals surface area contributed by atoms with Crippen molar-refractivity contribution in [1.29, 1.82) is 0 Å². The van der Waals surface area contributed by atoms with Gasteiger partial charge in [-0.3, -0.25) is 19.4 Å². The molecule has 0 saturated carbocycles. The van der Waals surface area contributed by atoms with Gasteiger partial charge in [-0.2, -0.15) is 0 Å². The van der Waals surface area contributed by atoms with Crippen molar-refractivity contribution in [1.82, 2.24) is 9.97 Å². The molecule has 2 aromatic heterocycles. The molecule has 0 saturated heterocycles. The number of pyridine rings is 2. The molecule has 0 amide bonds. The van der Waals surface area contributed by atoms with Crippen LogP contribution in [0.4, 0.5) is 0 Å². The minimum absolute atomic E-state index is 0.0633. The van der Waals surface area contributed by atoms with E-state index in [4.69, 9.17) is 11.6 Å². The van der Waals surface area contributed by atoms with Gasteiger partial charge in [0.1, 0.15) is 0 Å². The van der Waals surface area contributed by atoms with E-state index in [1.807, 2.05) is 58.0 Å². The molecule has 4 aromatic rings. The first-order chi connectivity index (χ1) is 16.3. The Kier molecular flexibility index (Phi) is 8.35. The molecular formula is C28H29ClN2O3. The fraction of sp³-hybridized carbons (Fsp3) is 0.286. The Morgan fingerprint density at radius 3 is 2.12 bits per heavy atom. The third-order valence-corrected chi connectivity index (χ3v) is 6.12. The summed E-state index contributed by atoms with van der Waals surface area (Å²) in [7, 11) is 0. The second-order valence-corrected chi connectivity index (χ2v) is 8.71. The molecule has 0 unspecified atom stereocenters. The van der Waals surface area contributed by atoms with Crippen molar-refractivity contribution < 1.29 is 9.59 Å². The number of aromatic nitrogens is 2. The predicted molar refractivity (Wildman–Crippen MR) is 139 cm³/mol. The molecule has 34 heavy (non-hydrogen) atoms. The monoisotopic (exact) mass is 476 g/mol. The van der Waals surface area contributed by atoms with Crippen LogP contribution in [0.3, 0.4) is 0 Å². The summed E-state index contributed by atoms with van der Waals surface area (Å²) in [6.07, 6.45) is 5.63. The number of ketones is 2. The summed E-state index contributed by atoms with van der Waals surface area (Å²) < 4.78 is 0. The van der Waals surface area contributed by atoms with Crippen LogP contribution in [0, 0.1) is 13.8 Å². The number of hydrogen-bond acceptors (Lipinski definition) is 4. The lowest BCUT2D eigenvalue weighted by Gasteiger charge is -2.07. The van der Waals surface area contributed by atoms with E-state index in [1.165, 1.54) is 6.20 Å². The zero-order valence-corrected chi connectivity index (χ0v) is 20.8. The van der Waals surface area contributed by atoms with Gasteiger partial charge in [0.05, 0.1) is 27.2 Å². The summed E-state index contributed by atoms with van der Waals surface area (Å²) in [5, 5.41) is 1.97. The van der Waals surface area contributed by atoms with E-state index >= 15 is 0 Å². The van der Waals surface area contributed by atoms with Crippen LogP contribution in [0.25, 0.3) is 21.8 Å². The Balaban J connectivity index is 0.000000191. The van der Waals surface area contributed by atoms with E-state index < -0.39 is 0 Å². The number of halogens is 1. The van der Waals surface area contributed by atoms with E-state index in [1.54, 1.807) is 12.3 Å².